The topological polar surface area (TPSA) is 22.1 Å². The Morgan fingerprint density at radius 1 is 1.06 bits per heavy atom. The van der Waals surface area contributed by atoms with Crippen LogP contribution in [-0.2, 0) is 29.8 Å². The third-order valence-corrected chi connectivity index (χ3v) is 4.81. The molecule has 0 aromatic carbocycles. The predicted octanol–water partition coefficient (Wildman–Crippen LogP) is 3.26. The van der Waals surface area contributed by atoms with Crippen LogP contribution in [0.25, 0.3) is 0 Å². The van der Waals surface area contributed by atoms with Crippen molar-refractivity contribution >= 4 is 0 Å². The summed E-state index contributed by atoms with van der Waals surface area (Å²) in [5, 5.41) is 0. The number of hydrogen-bond acceptors (Lipinski definition) is 2. The molecule has 0 N–H and O–H groups in total. The second-order valence-corrected chi connectivity index (χ2v) is 5.78. The van der Waals surface area contributed by atoms with Gasteiger partial charge in [-0.25, -0.2) is 0 Å². The Hall–Kier alpha value is -0.890. The zero-order chi connectivity index (χ0) is 11.3. The van der Waals surface area contributed by atoms with Gasteiger partial charge in [0.15, 0.2) is 0 Å². The number of nitrogens with zero attached hydrogens (tertiary/aromatic N) is 1. The molecule has 2 heteroatoms. The average molecular weight is 229 g/mol. The summed E-state index contributed by atoms with van der Waals surface area (Å²) < 4.78 is 6.20. The molecule has 0 amide bonds. The first-order valence-corrected chi connectivity index (χ1v) is 7.03. The second-order valence-electron chi connectivity index (χ2n) is 5.78. The van der Waals surface area contributed by atoms with Gasteiger partial charge in [0.1, 0.15) is 0 Å². The Morgan fingerprint density at radius 2 is 1.88 bits per heavy atom. The van der Waals surface area contributed by atoms with Gasteiger partial charge in [-0.1, -0.05) is 12.8 Å². The van der Waals surface area contributed by atoms with Gasteiger partial charge >= 0.3 is 0 Å². The van der Waals surface area contributed by atoms with E-state index in [4.69, 9.17) is 4.74 Å². The summed E-state index contributed by atoms with van der Waals surface area (Å²) in [5.74, 6) is 0. The van der Waals surface area contributed by atoms with Crippen LogP contribution in [0.4, 0.5) is 0 Å². The molecular weight excluding hydrogens is 210 g/mol. The van der Waals surface area contributed by atoms with Crippen LogP contribution >= 0.6 is 0 Å². The number of aryl methyl sites for hydroxylation is 1. The molecule has 17 heavy (non-hydrogen) atoms. The maximum Gasteiger partial charge on any atom is 0.0943 e. The molecule has 90 valence electrons. The van der Waals surface area contributed by atoms with Crippen LogP contribution in [-0.4, -0.2) is 4.98 Å². The quantitative estimate of drug-likeness (QED) is 0.681. The third kappa shape index (κ3) is 1.33. The Kier molecular flexibility index (Phi) is 2.10. The minimum absolute atomic E-state index is 0.0969. The van der Waals surface area contributed by atoms with Crippen LogP contribution in [0.15, 0.2) is 6.20 Å². The van der Waals surface area contributed by atoms with Crippen molar-refractivity contribution in [3.63, 3.8) is 0 Å². The maximum atomic E-state index is 6.20. The number of ether oxygens (including phenoxy) is 1. The van der Waals surface area contributed by atoms with Gasteiger partial charge in [0.25, 0.3) is 0 Å². The summed E-state index contributed by atoms with van der Waals surface area (Å²) in [6.07, 6.45) is 12.3. The Morgan fingerprint density at radius 3 is 2.76 bits per heavy atom. The minimum atomic E-state index is 0.0969. The molecule has 0 unspecified atom stereocenters. The van der Waals surface area contributed by atoms with Gasteiger partial charge in [0, 0.05) is 17.5 Å². The lowest BCUT2D eigenvalue weighted by atomic mass is 9.82. The van der Waals surface area contributed by atoms with Crippen LogP contribution in [0, 0.1) is 0 Å². The van der Waals surface area contributed by atoms with E-state index in [-0.39, 0.29) is 5.60 Å². The van der Waals surface area contributed by atoms with E-state index in [0.29, 0.717) is 0 Å². The van der Waals surface area contributed by atoms with Crippen LogP contribution in [0.2, 0.25) is 0 Å². The van der Waals surface area contributed by atoms with Crippen LogP contribution in [0.3, 0.4) is 0 Å². The van der Waals surface area contributed by atoms with Crippen molar-refractivity contribution in [2.75, 3.05) is 0 Å². The van der Waals surface area contributed by atoms with Crippen LogP contribution in [0.1, 0.15) is 60.9 Å². The monoisotopic (exact) mass is 229 g/mol. The summed E-state index contributed by atoms with van der Waals surface area (Å²) in [5.41, 5.74) is 5.98. The fourth-order valence-corrected chi connectivity index (χ4v) is 4.02. The van der Waals surface area contributed by atoms with E-state index in [2.05, 4.69) is 11.2 Å². The molecule has 0 saturated heterocycles. The van der Waals surface area contributed by atoms with E-state index in [1.54, 1.807) is 11.1 Å². The number of pyridine rings is 1. The highest BCUT2D eigenvalue weighted by Crippen LogP contribution is 2.50. The van der Waals surface area contributed by atoms with Crippen LogP contribution < -0.4 is 0 Å². The summed E-state index contributed by atoms with van der Waals surface area (Å²) in [6.45, 7) is 0.801. The van der Waals surface area contributed by atoms with Gasteiger partial charge in [0.05, 0.1) is 12.2 Å². The summed E-state index contributed by atoms with van der Waals surface area (Å²) in [7, 11) is 0. The predicted molar refractivity (Wildman–Crippen MR) is 65.8 cm³/mol. The molecule has 4 rings (SSSR count). The maximum absolute atomic E-state index is 6.20. The average Bonchev–Trinajstić information content (AvgIpc) is 2.99. The summed E-state index contributed by atoms with van der Waals surface area (Å²) in [6, 6.07) is 0. The van der Waals surface area contributed by atoms with Crippen molar-refractivity contribution < 1.29 is 4.74 Å². The van der Waals surface area contributed by atoms with E-state index >= 15 is 0 Å². The van der Waals surface area contributed by atoms with Gasteiger partial charge < -0.3 is 4.74 Å². The molecular formula is C15H19NO. The molecule has 0 atom stereocenters. The molecule has 2 nitrogen and oxygen atoms in total. The molecule has 1 aromatic heterocycles. The highest BCUT2D eigenvalue weighted by molar-refractivity contribution is 5.44. The van der Waals surface area contributed by atoms with Crippen LogP contribution in [0.5, 0.6) is 0 Å². The van der Waals surface area contributed by atoms with Gasteiger partial charge in [-0.2, -0.15) is 0 Å². The second kappa shape index (κ2) is 3.55. The van der Waals surface area contributed by atoms with Crippen molar-refractivity contribution in [2.24, 2.45) is 0 Å². The first-order valence-electron chi connectivity index (χ1n) is 7.03. The van der Waals surface area contributed by atoms with E-state index in [9.17, 15) is 0 Å². The van der Waals surface area contributed by atoms with Crippen molar-refractivity contribution in [2.45, 2.75) is 63.6 Å². The lowest BCUT2D eigenvalue weighted by Gasteiger charge is -2.28. The number of fused-ring (bicyclic) bond motifs is 4. The highest BCUT2D eigenvalue weighted by Gasteiger charge is 2.44. The Balaban J connectivity index is 1.91. The molecule has 2 heterocycles. The molecule has 0 radical (unpaired) electrons. The van der Waals surface area contributed by atoms with Gasteiger partial charge in [-0.3, -0.25) is 4.98 Å². The fourth-order valence-electron chi connectivity index (χ4n) is 4.02. The first-order chi connectivity index (χ1) is 8.39. The van der Waals surface area contributed by atoms with Gasteiger partial charge in [0.2, 0.25) is 0 Å². The molecule has 1 fully saturated rings. The fraction of sp³-hybridized carbons (Fsp3) is 0.667. The van der Waals surface area contributed by atoms with Gasteiger partial charge in [-0.05, 0) is 49.7 Å². The van der Waals surface area contributed by atoms with Crippen molar-refractivity contribution in [1.82, 2.24) is 4.98 Å². The third-order valence-electron chi connectivity index (χ3n) is 4.81. The molecule has 1 aliphatic heterocycles. The van der Waals surface area contributed by atoms with E-state index < -0.39 is 0 Å². The lowest BCUT2D eigenvalue weighted by molar-refractivity contribution is -0.0330. The minimum Gasteiger partial charge on any atom is -0.366 e. The van der Waals surface area contributed by atoms with E-state index in [0.717, 1.165) is 6.61 Å². The van der Waals surface area contributed by atoms with Crippen molar-refractivity contribution in [3.8, 4) is 0 Å². The number of hydrogen-bond donors (Lipinski definition) is 0. The first kappa shape index (κ1) is 10.1. The molecule has 1 spiro atoms. The SMILES string of the molecule is c1nc2c(c3c1COC31CCCC1)CCCC2. The number of rotatable bonds is 0. The normalized spacial score (nSPS) is 24.9. The number of aromatic nitrogens is 1. The smallest absolute Gasteiger partial charge is 0.0943 e. The molecule has 1 saturated carbocycles. The van der Waals surface area contributed by atoms with E-state index in [1.807, 2.05) is 0 Å². The van der Waals surface area contributed by atoms with Crippen molar-refractivity contribution in [1.29, 1.82) is 0 Å². The molecule has 2 aliphatic carbocycles. The molecule has 0 bridgehead atoms. The Labute approximate surface area is 102 Å². The molecule has 1 aromatic rings. The zero-order valence-corrected chi connectivity index (χ0v) is 10.3. The summed E-state index contributed by atoms with van der Waals surface area (Å²) in [4.78, 5) is 4.67. The Bertz CT molecular complexity index is 460. The molecule has 3 aliphatic rings. The van der Waals surface area contributed by atoms with Gasteiger partial charge in [-0.15, -0.1) is 0 Å². The lowest BCUT2D eigenvalue weighted by Crippen LogP contribution is -2.24. The summed E-state index contributed by atoms with van der Waals surface area (Å²) >= 11 is 0. The zero-order valence-electron chi connectivity index (χ0n) is 10.3. The largest absolute Gasteiger partial charge is 0.366 e. The van der Waals surface area contributed by atoms with E-state index in [1.165, 1.54) is 62.6 Å². The van der Waals surface area contributed by atoms with Crippen molar-refractivity contribution in [3.05, 3.63) is 28.6 Å². The standard InChI is InChI=1S/C15H19NO/c1-2-6-13-12(5-1)14-11(9-16-13)10-17-15(14)7-3-4-8-15/h9H,1-8,10H2. The highest BCUT2D eigenvalue weighted by atomic mass is 16.5.